The molecule has 1 amide bonds. The number of amides is 1. The fourth-order valence-corrected chi connectivity index (χ4v) is 1.67. The number of aromatic nitrogens is 2. The van der Waals surface area contributed by atoms with Crippen LogP contribution in [0.1, 0.15) is 13.3 Å². The number of rotatable bonds is 5. The zero-order chi connectivity index (χ0) is 13.7. The molecule has 1 unspecified atom stereocenters. The average Bonchev–Trinajstić information content (AvgIpc) is 2.93. The number of hydrogen-bond donors (Lipinski definition) is 2. The van der Waals surface area contributed by atoms with E-state index in [0.29, 0.717) is 12.2 Å². The first kappa shape index (κ1) is 13.1. The van der Waals surface area contributed by atoms with Gasteiger partial charge in [0, 0.05) is 0 Å². The largest absolute Gasteiger partial charge is 0.477 e. The molecule has 1 aromatic heterocycles. The lowest BCUT2D eigenvalue weighted by atomic mass is 10.2. The number of nitrogens with two attached hydrogens (primary N) is 1. The van der Waals surface area contributed by atoms with E-state index in [1.807, 2.05) is 37.3 Å². The normalized spacial score (nSPS) is 11.9. The van der Waals surface area contributed by atoms with Gasteiger partial charge in [0.2, 0.25) is 0 Å². The van der Waals surface area contributed by atoms with Gasteiger partial charge in [0.05, 0.1) is 18.1 Å². The molecule has 0 spiro atoms. The van der Waals surface area contributed by atoms with Crippen molar-refractivity contribution in [3.8, 4) is 11.4 Å². The summed E-state index contributed by atoms with van der Waals surface area (Å²) in [4.78, 5) is 11.4. The Labute approximate surface area is 111 Å². The summed E-state index contributed by atoms with van der Waals surface area (Å²) in [7, 11) is 0. The monoisotopic (exact) mass is 260 g/mol. The van der Waals surface area contributed by atoms with Gasteiger partial charge in [-0.1, -0.05) is 25.1 Å². The first-order chi connectivity index (χ1) is 9.24. The predicted octanol–water partition coefficient (Wildman–Crippen LogP) is 1.02. The van der Waals surface area contributed by atoms with E-state index in [-0.39, 0.29) is 5.91 Å². The van der Waals surface area contributed by atoms with Crippen LogP contribution in [0.15, 0.2) is 42.7 Å². The second-order valence-electron chi connectivity index (χ2n) is 3.98. The van der Waals surface area contributed by atoms with Crippen molar-refractivity contribution in [1.29, 1.82) is 0 Å². The Hall–Kier alpha value is -2.34. The summed E-state index contributed by atoms with van der Waals surface area (Å²) in [5.41, 5.74) is 3.01. The van der Waals surface area contributed by atoms with Gasteiger partial charge in [-0.05, 0) is 18.6 Å². The molecular weight excluding hydrogens is 244 g/mol. The van der Waals surface area contributed by atoms with Gasteiger partial charge in [-0.15, -0.1) is 0 Å². The molecule has 6 heteroatoms. The molecule has 2 rings (SSSR count). The van der Waals surface area contributed by atoms with Gasteiger partial charge in [0.1, 0.15) is 0 Å². The molecule has 0 saturated carbocycles. The highest BCUT2D eigenvalue weighted by atomic mass is 16.5. The fraction of sp³-hybridized carbons (Fsp3) is 0.231. The van der Waals surface area contributed by atoms with E-state index in [1.54, 1.807) is 17.1 Å². The molecule has 0 bridgehead atoms. The van der Waals surface area contributed by atoms with Crippen molar-refractivity contribution >= 4 is 5.91 Å². The Balaban J connectivity index is 2.11. The van der Waals surface area contributed by atoms with E-state index in [9.17, 15) is 4.79 Å². The van der Waals surface area contributed by atoms with Gasteiger partial charge < -0.3 is 4.74 Å². The van der Waals surface area contributed by atoms with Crippen LogP contribution in [-0.2, 0) is 4.79 Å². The Kier molecular flexibility index (Phi) is 4.15. The van der Waals surface area contributed by atoms with Gasteiger partial charge in [0.25, 0.3) is 5.91 Å². The van der Waals surface area contributed by atoms with E-state index in [4.69, 9.17) is 10.6 Å². The molecule has 0 aliphatic heterocycles. The van der Waals surface area contributed by atoms with E-state index >= 15 is 0 Å². The summed E-state index contributed by atoms with van der Waals surface area (Å²) in [5, 5.41) is 4.19. The Morgan fingerprint density at radius 3 is 2.84 bits per heavy atom. The molecule has 6 nitrogen and oxygen atoms in total. The van der Waals surface area contributed by atoms with Crippen LogP contribution >= 0.6 is 0 Å². The van der Waals surface area contributed by atoms with Crippen LogP contribution in [0.2, 0.25) is 0 Å². The lowest BCUT2D eigenvalue weighted by Gasteiger charge is -2.13. The van der Waals surface area contributed by atoms with Crippen LogP contribution in [0.3, 0.4) is 0 Å². The molecule has 2 aromatic rings. The van der Waals surface area contributed by atoms with Crippen LogP contribution in [0.5, 0.6) is 5.75 Å². The molecule has 0 fully saturated rings. The zero-order valence-electron chi connectivity index (χ0n) is 10.6. The SMILES string of the molecule is CCC(Oc1cnn(-c2ccccc2)c1)C(=O)NN. The first-order valence-electron chi connectivity index (χ1n) is 6.01. The van der Waals surface area contributed by atoms with Crippen molar-refractivity contribution in [3.63, 3.8) is 0 Å². The summed E-state index contributed by atoms with van der Waals surface area (Å²) >= 11 is 0. The van der Waals surface area contributed by atoms with Gasteiger partial charge in [-0.2, -0.15) is 5.10 Å². The average molecular weight is 260 g/mol. The van der Waals surface area contributed by atoms with Crippen molar-refractivity contribution in [2.75, 3.05) is 0 Å². The van der Waals surface area contributed by atoms with Crippen LogP contribution < -0.4 is 16.0 Å². The fourth-order valence-electron chi connectivity index (χ4n) is 1.67. The minimum Gasteiger partial charge on any atom is -0.477 e. The molecular formula is C13H16N4O2. The van der Waals surface area contributed by atoms with Crippen molar-refractivity contribution in [2.24, 2.45) is 5.84 Å². The third kappa shape index (κ3) is 3.11. The van der Waals surface area contributed by atoms with Crippen LogP contribution in [0, 0.1) is 0 Å². The maximum atomic E-state index is 11.4. The number of ether oxygens (including phenoxy) is 1. The number of para-hydroxylation sites is 1. The number of benzene rings is 1. The van der Waals surface area contributed by atoms with Crippen LogP contribution in [0.25, 0.3) is 5.69 Å². The minimum atomic E-state index is -0.613. The number of nitrogens with one attached hydrogen (secondary N) is 1. The third-order valence-electron chi connectivity index (χ3n) is 2.66. The predicted molar refractivity (Wildman–Crippen MR) is 70.6 cm³/mol. The first-order valence-corrected chi connectivity index (χ1v) is 6.01. The van der Waals surface area contributed by atoms with Crippen LogP contribution in [-0.4, -0.2) is 21.8 Å². The quantitative estimate of drug-likeness (QED) is 0.477. The molecule has 0 radical (unpaired) electrons. The smallest absolute Gasteiger partial charge is 0.274 e. The lowest BCUT2D eigenvalue weighted by Crippen LogP contribution is -2.41. The molecule has 19 heavy (non-hydrogen) atoms. The molecule has 0 aliphatic rings. The maximum Gasteiger partial charge on any atom is 0.274 e. The third-order valence-corrected chi connectivity index (χ3v) is 2.66. The topological polar surface area (TPSA) is 82.2 Å². The lowest BCUT2D eigenvalue weighted by molar-refractivity contribution is -0.128. The zero-order valence-corrected chi connectivity index (χ0v) is 10.6. The molecule has 1 atom stereocenters. The van der Waals surface area contributed by atoms with Gasteiger partial charge in [-0.25, -0.2) is 10.5 Å². The standard InChI is InChI=1S/C13H16N4O2/c1-2-12(13(18)16-14)19-11-8-15-17(9-11)10-6-4-3-5-7-10/h3-9,12H,2,14H2,1H3,(H,16,18). The van der Waals surface area contributed by atoms with Crippen LogP contribution in [0.4, 0.5) is 0 Å². The second kappa shape index (κ2) is 6.01. The molecule has 1 aromatic carbocycles. The molecule has 1 heterocycles. The molecule has 100 valence electrons. The van der Waals surface area contributed by atoms with Gasteiger partial charge >= 0.3 is 0 Å². The van der Waals surface area contributed by atoms with E-state index in [1.165, 1.54) is 0 Å². The van der Waals surface area contributed by atoms with Crippen molar-refractivity contribution in [1.82, 2.24) is 15.2 Å². The van der Waals surface area contributed by atoms with E-state index in [0.717, 1.165) is 5.69 Å². The highest BCUT2D eigenvalue weighted by molar-refractivity contribution is 5.80. The summed E-state index contributed by atoms with van der Waals surface area (Å²) in [6, 6.07) is 9.65. The highest BCUT2D eigenvalue weighted by Crippen LogP contribution is 2.15. The van der Waals surface area contributed by atoms with E-state index in [2.05, 4.69) is 10.5 Å². The number of hydrazine groups is 1. The molecule has 0 saturated heterocycles. The van der Waals surface area contributed by atoms with E-state index < -0.39 is 6.10 Å². The number of nitrogens with zero attached hydrogens (tertiary/aromatic N) is 2. The van der Waals surface area contributed by atoms with Crippen molar-refractivity contribution in [3.05, 3.63) is 42.7 Å². The summed E-state index contributed by atoms with van der Waals surface area (Å²) in [5.74, 6) is 5.27. The Morgan fingerprint density at radius 1 is 1.47 bits per heavy atom. The van der Waals surface area contributed by atoms with Gasteiger partial charge in [0.15, 0.2) is 11.9 Å². The number of carbonyl (C=O) groups excluding carboxylic acids is 1. The minimum absolute atomic E-state index is 0.352. The summed E-state index contributed by atoms with van der Waals surface area (Å²) < 4.78 is 7.23. The number of carbonyl (C=O) groups is 1. The molecule has 0 aliphatic carbocycles. The number of hydrogen-bond acceptors (Lipinski definition) is 4. The van der Waals surface area contributed by atoms with Crippen molar-refractivity contribution < 1.29 is 9.53 Å². The highest BCUT2D eigenvalue weighted by Gasteiger charge is 2.17. The summed E-state index contributed by atoms with van der Waals surface area (Å²) in [6.45, 7) is 1.85. The Morgan fingerprint density at radius 2 is 2.21 bits per heavy atom. The maximum absolute atomic E-state index is 11.4. The Bertz CT molecular complexity index is 539. The van der Waals surface area contributed by atoms with Gasteiger partial charge in [-0.3, -0.25) is 10.2 Å². The molecule has 3 N–H and O–H groups in total. The summed E-state index contributed by atoms with van der Waals surface area (Å²) in [6.07, 6.45) is 3.21. The van der Waals surface area contributed by atoms with Crippen molar-refractivity contribution in [2.45, 2.75) is 19.4 Å². The second-order valence-corrected chi connectivity index (χ2v) is 3.98.